The van der Waals surface area contributed by atoms with E-state index in [0.29, 0.717) is 11.5 Å². The number of hydrogen-bond acceptors (Lipinski definition) is 2. The van der Waals surface area contributed by atoms with E-state index in [4.69, 9.17) is 0 Å². The van der Waals surface area contributed by atoms with Gasteiger partial charge >= 0.3 is 0 Å². The third kappa shape index (κ3) is 1.61. The van der Waals surface area contributed by atoms with E-state index in [0.717, 1.165) is 31.5 Å². The maximum Gasteiger partial charge on any atom is 0.251 e. The van der Waals surface area contributed by atoms with Crippen LogP contribution in [0.2, 0.25) is 0 Å². The minimum atomic E-state index is 0.0627. The van der Waals surface area contributed by atoms with Crippen molar-refractivity contribution in [1.29, 1.82) is 0 Å². The first-order valence-corrected chi connectivity index (χ1v) is 5.84. The van der Waals surface area contributed by atoms with Crippen LogP contribution >= 0.6 is 0 Å². The van der Waals surface area contributed by atoms with Gasteiger partial charge in [0.1, 0.15) is 0 Å². The highest BCUT2D eigenvalue weighted by atomic mass is 16.1. The monoisotopic (exact) mass is 216 g/mol. The van der Waals surface area contributed by atoms with Crippen molar-refractivity contribution >= 4 is 5.91 Å². The molecule has 1 saturated heterocycles. The molecule has 1 aliphatic carbocycles. The molecule has 0 atom stereocenters. The van der Waals surface area contributed by atoms with Gasteiger partial charge in [0.2, 0.25) is 0 Å². The summed E-state index contributed by atoms with van der Waals surface area (Å²) in [7, 11) is 0. The first-order chi connectivity index (χ1) is 7.77. The zero-order valence-electron chi connectivity index (χ0n) is 9.20. The van der Waals surface area contributed by atoms with Gasteiger partial charge in [0.15, 0.2) is 0 Å². The molecule has 0 radical (unpaired) electrons. The van der Waals surface area contributed by atoms with E-state index >= 15 is 0 Å². The maximum atomic E-state index is 11.8. The summed E-state index contributed by atoms with van der Waals surface area (Å²) in [5.41, 5.74) is 1.28. The minimum Gasteiger partial charge on any atom is -0.349 e. The summed E-state index contributed by atoms with van der Waals surface area (Å²) in [6, 6.07) is 9.81. The standard InChI is InChI=1S/C13H16N2O/c16-12(10-4-2-1-3-5-10)15-11-6-13(7-11)8-14-9-13/h1-5,11,14H,6-9H2,(H,15,16). The summed E-state index contributed by atoms with van der Waals surface area (Å²) in [5.74, 6) is 0.0627. The van der Waals surface area contributed by atoms with Crippen LogP contribution in [0, 0.1) is 5.41 Å². The van der Waals surface area contributed by atoms with Gasteiger partial charge in [-0.25, -0.2) is 0 Å². The van der Waals surface area contributed by atoms with E-state index < -0.39 is 0 Å². The summed E-state index contributed by atoms with van der Waals surface area (Å²) in [4.78, 5) is 11.8. The van der Waals surface area contributed by atoms with Crippen molar-refractivity contribution in [3.05, 3.63) is 35.9 Å². The van der Waals surface area contributed by atoms with Crippen molar-refractivity contribution in [1.82, 2.24) is 10.6 Å². The second-order valence-electron chi connectivity index (χ2n) is 5.05. The van der Waals surface area contributed by atoms with Crippen molar-refractivity contribution in [2.24, 2.45) is 5.41 Å². The Morgan fingerprint density at radius 3 is 2.50 bits per heavy atom. The average molecular weight is 216 g/mol. The highest BCUT2D eigenvalue weighted by Gasteiger charge is 2.48. The lowest BCUT2D eigenvalue weighted by Crippen LogP contribution is -2.65. The Hall–Kier alpha value is -1.35. The number of carbonyl (C=O) groups is 1. The molecule has 1 aromatic carbocycles. The second-order valence-corrected chi connectivity index (χ2v) is 5.05. The zero-order valence-corrected chi connectivity index (χ0v) is 9.20. The van der Waals surface area contributed by atoms with E-state index in [1.807, 2.05) is 30.3 Å². The lowest BCUT2D eigenvalue weighted by atomic mass is 9.61. The predicted octanol–water partition coefficient (Wildman–Crippen LogP) is 1.17. The lowest BCUT2D eigenvalue weighted by Gasteiger charge is -2.54. The van der Waals surface area contributed by atoms with E-state index in [2.05, 4.69) is 10.6 Å². The molecule has 1 aromatic rings. The Morgan fingerprint density at radius 2 is 1.94 bits per heavy atom. The van der Waals surface area contributed by atoms with Crippen molar-refractivity contribution in [3.63, 3.8) is 0 Å². The highest BCUT2D eigenvalue weighted by molar-refractivity contribution is 5.94. The Kier molecular flexibility index (Phi) is 2.21. The van der Waals surface area contributed by atoms with Gasteiger partial charge in [0.05, 0.1) is 0 Å². The Bertz CT molecular complexity index is 390. The Labute approximate surface area is 95.2 Å². The van der Waals surface area contributed by atoms with Gasteiger partial charge in [-0.3, -0.25) is 4.79 Å². The number of rotatable bonds is 2. The molecule has 0 unspecified atom stereocenters. The second kappa shape index (κ2) is 3.59. The fourth-order valence-electron chi connectivity index (χ4n) is 2.71. The first-order valence-electron chi connectivity index (χ1n) is 5.84. The maximum absolute atomic E-state index is 11.8. The molecule has 0 aromatic heterocycles. The van der Waals surface area contributed by atoms with Crippen LogP contribution in [0.15, 0.2) is 30.3 Å². The largest absolute Gasteiger partial charge is 0.349 e. The number of benzene rings is 1. The molecule has 3 nitrogen and oxygen atoms in total. The number of hydrogen-bond donors (Lipinski definition) is 2. The molecule has 1 heterocycles. The third-order valence-electron chi connectivity index (χ3n) is 3.73. The molecule has 1 amide bonds. The summed E-state index contributed by atoms with van der Waals surface area (Å²) in [6.07, 6.45) is 2.27. The summed E-state index contributed by atoms with van der Waals surface area (Å²) in [6.45, 7) is 2.26. The molecule has 84 valence electrons. The molecule has 16 heavy (non-hydrogen) atoms. The van der Waals surface area contributed by atoms with E-state index in [1.54, 1.807) is 0 Å². The molecule has 0 bridgehead atoms. The first kappa shape index (κ1) is 9.85. The van der Waals surface area contributed by atoms with Gasteiger partial charge in [-0.1, -0.05) is 18.2 Å². The van der Waals surface area contributed by atoms with Gasteiger partial charge in [-0.05, 0) is 30.4 Å². The molecule has 1 aliphatic heterocycles. The van der Waals surface area contributed by atoms with Gasteiger partial charge in [0.25, 0.3) is 5.91 Å². The topological polar surface area (TPSA) is 41.1 Å². The minimum absolute atomic E-state index is 0.0627. The Balaban J connectivity index is 1.55. The van der Waals surface area contributed by atoms with Crippen LogP contribution in [0.4, 0.5) is 0 Å². The summed E-state index contributed by atoms with van der Waals surface area (Å²) in [5, 5.41) is 6.39. The fourth-order valence-corrected chi connectivity index (χ4v) is 2.71. The van der Waals surface area contributed by atoms with E-state index in [1.165, 1.54) is 0 Å². The normalized spacial score (nSPS) is 22.2. The van der Waals surface area contributed by atoms with Crippen LogP contribution in [0.3, 0.4) is 0 Å². The number of amides is 1. The molecular formula is C13H16N2O. The Morgan fingerprint density at radius 1 is 1.25 bits per heavy atom. The predicted molar refractivity (Wildman–Crippen MR) is 62.2 cm³/mol. The molecule has 2 N–H and O–H groups in total. The van der Waals surface area contributed by atoms with Crippen LogP contribution in [0.1, 0.15) is 23.2 Å². The van der Waals surface area contributed by atoms with Crippen LogP contribution in [0.25, 0.3) is 0 Å². The molecule has 2 fully saturated rings. The van der Waals surface area contributed by atoms with E-state index in [-0.39, 0.29) is 5.91 Å². The molecule has 3 heteroatoms. The summed E-state index contributed by atoms with van der Waals surface area (Å²) >= 11 is 0. The van der Waals surface area contributed by atoms with Crippen LogP contribution in [-0.4, -0.2) is 25.0 Å². The van der Waals surface area contributed by atoms with Crippen molar-refractivity contribution in [3.8, 4) is 0 Å². The number of nitrogens with one attached hydrogen (secondary N) is 2. The molecule has 3 rings (SSSR count). The van der Waals surface area contributed by atoms with Crippen LogP contribution in [0.5, 0.6) is 0 Å². The third-order valence-corrected chi connectivity index (χ3v) is 3.73. The van der Waals surface area contributed by atoms with Crippen molar-refractivity contribution in [2.45, 2.75) is 18.9 Å². The highest BCUT2D eigenvalue weighted by Crippen LogP contribution is 2.44. The fraction of sp³-hybridized carbons (Fsp3) is 0.462. The lowest BCUT2D eigenvalue weighted by molar-refractivity contribution is 0.0232. The van der Waals surface area contributed by atoms with Gasteiger partial charge in [-0.15, -0.1) is 0 Å². The van der Waals surface area contributed by atoms with Crippen molar-refractivity contribution in [2.75, 3.05) is 13.1 Å². The van der Waals surface area contributed by atoms with Crippen LogP contribution < -0.4 is 10.6 Å². The SMILES string of the molecule is O=C(NC1CC2(CNC2)C1)c1ccccc1. The smallest absolute Gasteiger partial charge is 0.251 e. The average Bonchev–Trinajstić information content (AvgIpc) is 2.21. The molecule has 1 saturated carbocycles. The van der Waals surface area contributed by atoms with Crippen LogP contribution in [-0.2, 0) is 0 Å². The van der Waals surface area contributed by atoms with Gasteiger partial charge in [0, 0.05) is 24.7 Å². The molecule has 1 spiro atoms. The molecule has 2 aliphatic rings. The molecular weight excluding hydrogens is 200 g/mol. The zero-order chi connectivity index (χ0) is 11.0. The number of carbonyl (C=O) groups excluding carboxylic acids is 1. The van der Waals surface area contributed by atoms with Gasteiger partial charge in [-0.2, -0.15) is 0 Å². The van der Waals surface area contributed by atoms with E-state index in [9.17, 15) is 4.79 Å². The summed E-state index contributed by atoms with van der Waals surface area (Å²) < 4.78 is 0. The van der Waals surface area contributed by atoms with Gasteiger partial charge < -0.3 is 10.6 Å². The van der Waals surface area contributed by atoms with Crippen molar-refractivity contribution < 1.29 is 4.79 Å². The quantitative estimate of drug-likeness (QED) is 0.779.